The summed E-state index contributed by atoms with van der Waals surface area (Å²) in [6.07, 6.45) is 0. The second kappa shape index (κ2) is 8.87. The molecule has 0 atom stereocenters. The Morgan fingerprint density at radius 2 is 1.76 bits per heavy atom. The van der Waals surface area contributed by atoms with Gasteiger partial charge in [-0.3, -0.25) is 9.69 Å². The summed E-state index contributed by atoms with van der Waals surface area (Å²) in [4.78, 5) is 20.9. The maximum atomic E-state index is 12.4. The van der Waals surface area contributed by atoms with Crippen LogP contribution in [0.25, 0.3) is 11.4 Å². The lowest BCUT2D eigenvalue weighted by Crippen LogP contribution is -2.49. The van der Waals surface area contributed by atoms with Gasteiger partial charge in [0.05, 0.1) is 6.54 Å². The third kappa shape index (κ3) is 5.00. The number of aromatic nitrogens is 2. The molecule has 0 aliphatic carbocycles. The van der Waals surface area contributed by atoms with Crippen molar-refractivity contribution < 1.29 is 14.1 Å². The molecule has 0 bridgehead atoms. The molecule has 3 aromatic rings. The second-order valence-corrected chi connectivity index (χ2v) is 7.14. The summed E-state index contributed by atoms with van der Waals surface area (Å²) in [5, 5.41) is 4.08. The zero-order valence-corrected chi connectivity index (χ0v) is 16.5. The molecule has 1 saturated heterocycles. The third-order valence-electron chi connectivity index (χ3n) is 4.97. The molecule has 1 aromatic heterocycles. The fourth-order valence-electron chi connectivity index (χ4n) is 3.24. The van der Waals surface area contributed by atoms with Crippen LogP contribution in [-0.4, -0.2) is 58.6 Å². The maximum absolute atomic E-state index is 12.4. The van der Waals surface area contributed by atoms with Gasteiger partial charge in [-0.2, -0.15) is 4.98 Å². The first-order valence-corrected chi connectivity index (χ1v) is 9.75. The zero-order chi connectivity index (χ0) is 20.1. The van der Waals surface area contributed by atoms with Gasteiger partial charge in [-0.15, -0.1) is 0 Å². The van der Waals surface area contributed by atoms with Gasteiger partial charge in [-0.25, -0.2) is 0 Å². The molecule has 0 N–H and O–H groups in total. The van der Waals surface area contributed by atoms with Crippen LogP contribution in [0.5, 0.6) is 5.75 Å². The second-order valence-electron chi connectivity index (χ2n) is 7.14. The summed E-state index contributed by atoms with van der Waals surface area (Å²) in [6.45, 7) is 5.54. The summed E-state index contributed by atoms with van der Waals surface area (Å²) in [5.41, 5.74) is 2.14. The zero-order valence-electron chi connectivity index (χ0n) is 16.5. The van der Waals surface area contributed by atoms with E-state index in [1.807, 2.05) is 66.4 Å². The minimum atomic E-state index is 0.00736. The summed E-state index contributed by atoms with van der Waals surface area (Å²) in [7, 11) is 0. The first-order chi connectivity index (χ1) is 14.2. The number of aryl methyl sites for hydroxylation is 1. The van der Waals surface area contributed by atoms with E-state index in [-0.39, 0.29) is 12.5 Å². The first kappa shape index (κ1) is 19.1. The molecule has 1 amide bonds. The van der Waals surface area contributed by atoms with E-state index in [0.717, 1.165) is 18.7 Å². The molecule has 7 nitrogen and oxygen atoms in total. The van der Waals surface area contributed by atoms with Gasteiger partial charge < -0.3 is 14.2 Å². The fraction of sp³-hybridized carbons (Fsp3) is 0.318. The Morgan fingerprint density at radius 1 is 1.03 bits per heavy atom. The number of carbonyl (C=O) groups excluding carboxylic acids is 1. The Kier molecular flexibility index (Phi) is 5.86. The van der Waals surface area contributed by atoms with Crippen molar-refractivity contribution in [2.24, 2.45) is 0 Å². The highest BCUT2D eigenvalue weighted by Gasteiger charge is 2.23. The summed E-state index contributed by atoms with van der Waals surface area (Å²) >= 11 is 0. The molecule has 0 spiro atoms. The quantitative estimate of drug-likeness (QED) is 0.642. The summed E-state index contributed by atoms with van der Waals surface area (Å²) in [5.74, 6) is 1.91. The van der Waals surface area contributed by atoms with Gasteiger partial charge in [0.1, 0.15) is 5.75 Å². The predicted molar refractivity (Wildman–Crippen MR) is 108 cm³/mol. The summed E-state index contributed by atoms with van der Waals surface area (Å²) in [6, 6.07) is 17.4. The fourth-order valence-corrected chi connectivity index (χ4v) is 3.24. The van der Waals surface area contributed by atoms with Gasteiger partial charge in [-0.05, 0) is 19.1 Å². The van der Waals surface area contributed by atoms with Crippen LogP contribution in [-0.2, 0) is 11.3 Å². The number of hydrogen-bond donors (Lipinski definition) is 0. The smallest absolute Gasteiger partial charge is 0.260 e. The average molecular weight is 392 g/mol. The van der Waals surface area contributed by atoms with Gasteiger partial charge in [0, 0.05) is 31.7 Å². The maximum Gasteiger partial charge on any atom is 0.260 e. The molecule has 1 aliphatic rings. The van der Waals surface area contributed by atoms with Gasteiger partial charge in [0.2, 0.25) is 11.7 Å². The SMILES string of the molecule is Cc1ccc(-c2noc(CN3CCN(C(=O)COc4ccccc4)CC3)n2)cc1. The average Bonchev–Trinajstić information content (AvgIpc) is 3.22. The Morgan fingerprint density at radius 3 is 2.48 bits per heavy atom. The van der Waals surface area contributed by atoms with Crippen molar-refractivity contribution in [3.05, 3.63) is 66.1 Å². The molecule has 150 valence electrons. The first-order valence-electron chi connectivity index (χ1n) is 9.75. The highest BCUT2D eigenvalue weighted by Crippen LogP contribution is 2.17. The molecule has 0 radical (unpaired) electrons. The highest BCUT2D eigenvalue weighted by atomic mass is 16.5. The Labute approximate surface area is 169 Å². The minimum absolute atomic E-state index is 0.00736. The molecule has 2 aromatic carbocycles. The van der Waals surface area contributed by atoms with E-state index in [9.17, 15) is 4.79 Å². The predicted octanol–water partition coefficient (Wildman–Crippen LogP) is 2.77. The highest BCUT2D eigenvalue weighted by molar-refractivity contribution is 5.77. The number of amides is 1. The molecule has 1 fully saturated rings. The molecular formula is C22H24N4O3. The largest absolute Gasteiger partial charge is 0.484 e. The van der Waals surface area contributed by atoms with Crippen LogP contribution in [0.4, 0.5) is 0 Å². The van der Waals surface area contributed by atoms with Crippen molar-refractivity contribution in [2.45, 2.75) is 13.5 Å². The number of para-hydroxylation sites is 1. The van der Waals surface area contributed by atoms with Crippen LogP contribution >= 0.6 is 0 Å². The molecule has 29 heavy (non-hydrogen) atoms. The van der Waals surface area contributed by atoms with Crippen molar-refractivity contribution >= 4 is 5.91 Å². The Bertz CT molecular complexity index is 932. The Hall–Kier alpha value is -3.19. The van der Waals surface area contributed by atoms with E-state index >= 15 is 0 Å². The molecule has 2 heterocycles. The molecule has 4 rings (SSSR count). The van der Waals surface area contributed by atoms with Crippen molar-refractivity contribution in [1.82, 2.24) is 19.9 Å². The van der Waals surface area contributed by atoms with Gasteiger partial charge in [0.25, 0.3) is 5.91 Å². The molecule has 7 heteroatoms. The number of piperazine rings is 1. The van der Waals surface area contributed by atoms with E-state index in [2.05, 4.69) is 15.0 Å². The van der Waals surface area contributed by atoms with E-state index in [1.54, 1.807) is 0 Å². The summed E-state index contributed by atoms with van der Waals surface area (Å²) < 4.78 is 11.0. The minimum Gasteiger partial charge on any atom is -0.484 e. The van der Waals surface area contributed by atoms with Crippen LogP contribution in [0, 0.1) is 6.92 Å². The number of carbonyl (C=O) groups is 1. The standard InChI is InChI=1S/C22H24N4O3/c1-17-7-9-18(10-8-17)22-23-20(29-24-22)15-25-11-13-26(14-12-25)21(27)16-28-19-5-3-2-4-6-19/h2-10H,11-16H2,1H3. The van der Waals surface area contributed by atoms with E-state index in [0.29, 0.717) is 37.1 Å². The van der Waals surface area contributed by atoms with Gasteiger partial charge in [-0.1, -0.05) is 53.2 Å². The monoisotopic (exact) mass is 392 g/mol. The normalized spacial score (nSPS) is 14.7. The number of hydrogen-bond acceptors (Lipinski definition) is 6. The number of ether oxygens (including phenoxy) is 1. The van der Waals surface area contributed by atoms with E-state index in [1.165, 1.54) is 5.56 Å². The topological polar surface area (TPSA) is 71.7 Å². The van der Waals surface area contributed by atoms with Crippen LogP contribution in [0.15, 0.2) is 59.1 Å². The van der Waals surface area contributed by atoms with Gasteiger partial charge >= 0.3 is 0 Å². The van der Waals surface area contributed by atoms with Crippen LogP contribution in [0.1, 0.15) is 11.5 Å². The lowest BCUT2D eigenvalue weighted by atomic mass is 10.1. The third-order valence-corrected chi connectivity index (χ3v) is 4.97. The van der Waals surface area contributed by atoms with Crippen LogP contribution in [0.2, 0.25) is 0 Å². The number of nitrogens with zero attached hydrogens (tertiary/aromatic N) is 4. The van der Waals surface area contributed by atoms with E-state index in [4.69, 9.17) is 9.26 Å². The number of rotatable bonds is 6. The lowest BCUT2D eigenvalue weighted by molar-refractivity contribution is -0.135. The molecule has 0 unspecified atom stereocenters. The van der Waals surface area contributed by atoms with Crippen LogP contribution < -0.4 is 4.74 Å². The van der Waals surface area contributed by atoms with Crippen molar-refractivity contribution in [3.63, 3.8) is 0 Å². The lowest BCUT2D eigenvalue weighted by Gasteiger charge is -2.33. The van der Waals surface area contributed by atoms with Gasteiger partial charge in [0.15, 0.2) is 6.61 Å². The molecular weight excluding hydrogens is 368 g/mol. The molecule has 1 aliphatic heterocycles. The van der Waals surface area contributed by atoms with Crippen molar-refractivity contribution in [2.75, 3.05) is 32.8 Å². The van der Waals surface area contributed by atoms with Crippen molar-refractivity contribution in [3.8, 4) is 17.1 Å². The molecule has 0 saturated carbocycles. The number of benzene rings is 2. The van der Waals surface area contributed by atoms with Crippen LogP contribution in [0.3, 0.4) is 0 Å². The van der Waals surface area contributed by atoms with E-state index < -0.39 is 0 Å². The Balaban J connectivity index is 1.25. The van der Waals surface area contributed by atoms with Crippen molar-refractivity contribution in [1.29, 1.82) is 0 Å².